The van der Waals surface area contributed by atoms with Gasteiger partial charge in [0, 0.05) is 17.1 Å². The molecule has 4 rings (SSSR count). The van der Waals surface area contributed by atoms with Crippen LogP contribution in [-0.4, -0.2) is 24.0 Å². The molecule has 0 amide bonds. The predicted octanol–water partition coefficient (Wildman–Crippen LogP) is 3.12. The van der Waals surface area contributed by atoms with Crippen LogP contribution < -0.4 is 0 Å². The SMILES string of the molecule is Cc1ccc(S(=O)(=O)n2ccc3ccc4c(c32)C(=O)C=CC4=O)cc1. The highest BCUT2D eigenvalue weighted by atomic mass is 32.2. The van der Waals surface area contributed by atoms with Crippen molar-refractivity contribution in [2.75, 3.05) is 0 Å². The molecule has 1 aromatic heterocycles. The molecule has 6 heteroatoms. The minimum Gasteiger partial charge on any atom is -0.289 e. The summed E-state index contributed by atoms with van der Waals surface area (Å²) in [5.41, 5.74) is 1.53. The van der Waals surface area contributed by atoms with Crippen LogP contribution in [0.25, 0.3) is 10.9 Å². The third kappa shape index (κ3) is 2.26. The van der Waals surface area contributed by atoms with Crippen molar-refractivity contribution in [2.45, 2.75) is 11.8 Å². The number of fused-ring (bicyclic) bond motifs is 3. The van der Waals surface area contributed by atoms with E-state index in [-0.39, 0.29) is 33.1 Å². The molecule has 0 radical (unpaired) electrons. The summed E-state index contributed by atoms with van der Waals surface area (Å²) in [4.78, 5) is 24.5. The van der Waals surface area contributed by atoms with Gasteiger partial charge in [-0.2, -0.15) is 0 Å². The lowest BCUT2D eigenvalue weighted by molar-refractivity contribution is 0.0995. The summed E-state index contributed by atoms with van der Waals surface area (Å²) in [6, 6.07) is 11.3. The Morgan fingerprint density at radius 3 is 2.24 bits per heavy atom. The van der Waals surface area contributed by atoms with Gasteiger partial charge in [-0.15, -0.1) is 0 Å². The van der Waals surface area contributed by atoms with Crippen molar-refractivity contribution in [3.8, 4) is 0 Å². The van der Waals surface area contributed by atoms with Gasteiger partial charge in [-0.1, -0.05) is 23.8 Å². The van der Waals surface area contributed by atoms with Crippen LogP contribution in [0.1, 0.15) is 26.3 Å². The van der Waals surface area contributed by atoms with Gasteiger partial charge in [-0.05, 0) is 43.3 Å². The maximum absolute atomic E-state index is 13.0. The maximum Gasteiger partial charge on any atom is 0.268 e. The molecule has 5 nitrogen and oxygen atoms in total. The number of nitrogens with zero attached hydrogens (tertiary/aromatic N) is 1. The number of hydrogen-bond donors (Lipinski definition) is 0. The highest BCUT2D eigenvalue weighted by Crippen LogP contribution is 2.30. The summed E-state index contributed by atoms with van der Waals surface area (Å²) >= 11 is 0. The second kappa shape index (κ2) is 5.26. The molecule has 2 aromatic carbocycles. The molecule has 124 valence electrons. The highest BCUT2D eigenvalue weighted by molar-refractivity contribution is 7.90. The fraction of sp³-hybridized carbons (Fsp3) is 0.0526. The summed E-state index contributed by atoms with van der Waals surface area (Å²) in [5.74, 6) is -0.684. The maximum atomic E-state index is 13.0. The Kier molecular flexibility index (Phi) is 3.27. The normalized spacial score (nSPS) is 14.1. The van der Waals surface area contributed by atoms with Gasteiger partial charge in [0.05, 0.1) is 16.0 Å². The Bertz CT molecular complexity index is 1180. The fourth-order valence-electron chi connectivity index (χ4n) is 3.01. The molecule has 0 atom stereocenters. The number of ketones is 2. The average molecular weight is 351 g/mol. The van der Waals surface area contributed by atoms with Crippen molar-refractivity contribution in [3.05, 3.63) is 77.5 Å². The summed E-state index contributed by atoms with van der Waals surface area (Å²) < 4.78 is 27.2. The van der Waals surface area contributed by atoms with Crippen LogP contribution in [-0.2, 0) is 10.0 Å². The van der Waals surface area contributed by atoms with Crippen LogP contribution in [0, 0.1) is 6.92 Å². The molecule has 25 heavy (non-hydrogen) atoms. The first kappa shape index (κ1) is 15.5. The second-order valence-corrected chi connectivity index (χ2v) is 7.73. The Morgan fingerprint density at radius 2 is 1.52 bits per heavy atom. The van der Waals surface area contributed by atoms with E-state index in [2.05, 4.69) is 0 Å². The quantitative estimate of drug-likeness (QED) is 0.711. The number of carbonyl (C=O) groups is 2. The van der Waals surface area contributed by atoms with Crippen molar-refractivity contribution in [1.82, 2.24) is 3.97 Å². The number of aryl methyl sites for hydroxylation is 1. The summed E-state index contributed by atoms with van der Waals surface area (Å²) in [6.45, 7) is 1.87. The van der Waals surface area contributed by atoms with Crippen LogP contribution in [0.15, 0.2) is 65.7 Å². The van der Waals surface area contributed by atoms with Gasteiger partial charge in [0.25, 0.3) is 10.0 Å². The number of aromatic nitrogens is 1. The zero-order valence-corrected chi connectivity index (χ0v) is 14.1. The van der Waals surface area contributed by atoms with Gasteiger partial charge in [-0.3, -0.25) is 9.59 Å². The molecular weight excluding hydrogens is 338 g/mol. The van der Waals surface area contributed by atoms with E-state index in [9.17, 15) is 18.0 Å². The lowest BCUT2D eigenvalue weighted by Crippen LogP contribution is -2.17. The van der Waals surface area contributed by atoms with Crippen LogP contribution in [0.4, 0.5) is 0 Å². The Hall–Kier alpha value is -2.99. The van der Waals surface area contributed by atoms with Gasteiger partial charge in [-0.25, -0.2) is 12.4 Å². The molecule has 1 aliphatic rings. The van der Waals surface area contributed by atoms with E-state index in [1.807, 2.05) is 6.92 Å². The van der Waals surface area contributed by atoms with Crippen molar-refractivity contribution >= 4 is 32.5 Å². The molecule has 1 heterocycles. The van der Waals surface area contributed by atoms with Crippen molar-refractivity contribution in [3.63, 3.8) is 0 Å². The van der Waals surface area contributed by atoms with Crippen LogP contribution in [0.5, 0.6) is 0 Å². The lowest BCUT2D eigenvalue weighted by Gasteiger charge is -2.14. The number of allylic oxidation sites excluding steroid dienone is 2. The van der Waals surface area contributed by atoms with Crippen LogP contribution in [0.2, 0.25) is 0 Å². The zero-order valence-electron chi connectivity index (χ0n) is 13.3. The Morgan fingerprint density at radius 1 is 0.840 bits per heavy atom. The van der Waals surface area contributed by atoms with E-state index in [1.54, 1.807) is 30.3 Å². The molecule has 0 saturated heterocycles. The molecular formula is C19H13NO4S. The predicted molar refractivity (Wildman–Crippen MR) is 93.5 cm³/mol. The van der Waals surface area contributed by atoms with E-state index >= 15 is 0 Å². The van der Waals surface area contributed by atoms with E-state index in [1.165, 1.54) is 30.5 Å². The first-order chi connectivity index (χ1) is 11.9. The van der Waals surface area contributed by atoms with Crippen LogP contribution in [0.3, 0.4) is 0 Å². The number of rotatable bonds is 2. The zero-order chi connectivity index (χ0) is 17.8. The number of benzene rings is 2. The molecule has 0 unspecified atom stereocenters. The van der Waals surface area contributed by atoms with Crippen molar-refractivity contribution in [2.24, 2.45) is 0 Å². The number of carbonyl (C=O) groups excluding carboxylic acids is 2. The van der Waals surface area contributed by atoms with E-state index in [4.69, 9.17) is 0 Å². The summed E-state index contributed by atoms with van der Waals surface area (Å²) in [5, 5.41) is 0.589. The fourth-order valence-corrected chi connectivity index (χ4v) is 4.37. The average Bonchev–Trinajstić information content (AvgIpc) is 3.03. The standard InChI is InChI=1S/C19H13NO4S/c1-12-2-5-14(6-3-12)25(23,24)20-11-10-13-4-7-15-16(21)8-9-17(22)18(15)19(13)20/h2-11H,1H3. The molecule has 0 fully saturated rings. The van der Waals surface area contributed by atoms with Crippen LogP contribution >= 0.6 is 0 Å². The topological polar surface area (TPSA) is 73.2 Å². The van der Waals surface area contributed by atoms with Gasteiger partial charge < -0.3 is 0 Å². The minimum absolute atomic E-state index is 0.123. The molecule has 0 spiro atoms. The third-order valence-corrected chi connectivity index (χ3v) is 5.98. The molecule has 0 saturated carbocycles. The van der Waals surface area contributed by atoms with Gasteiger partial charge in [0.1, 0.15) is 0 Å². The van der Waals surface area contributed by atoms with E-state index < -0.39 is 10.0 Å². The smallest absolute Gasteiger partial charge is 0.268 e. The highest BCUT2D eigenvalue weighted by Gasteiger charge is 2.27. The number of hydrogen-bond acceptors (Lipinski definition) is 4. The minimum atomic E-state index is -3.88. The first-order valence-electron chi connectivity index (χ1n) is 7.62. The molecule has 1 aliphatic carbocycles. The molecule has 0 aliphatic heterocycles. The van der Waals surface area contributed by atoms with E-state index in [0.717, 1.165) is 9.54 Å². The summed E-state index contributed by atoms with van der Waals surface area (Å²) in [7, 11) is -3.88. The Labute approximate surface area is 144 Å². The molecule has 0 bridgehead atoms. The monoisotopic (exact) mass is 351 g/mol. The third-order valence-electron chi connectivity index (χ3n) is 4.29. The van der Waals surface area contributed by atoms with Crippen molar-refractivity contribution in [1.29, 1.82) is 0 Å². The van der Waals surface area contributed by atoms with Gasteiger partial charge in [0.2, 0.25) is 0 Å². The summed E-state index contributed by atoms with van der Waals surface area (Å²) in [6.07, 6.45) is 3.80. The molecule has 3 aromatic rings. The van der Waals surface area contributed by atoms with Gasteiger partial charge in [0.15, 0.2) is 11.6 Å². The Balaban J connectivity index is 2.04. The molecule has 0 N–H and O–H groups in total. The second-order valence-electron chi connectivity index (χ2n) is 5.92. The first-order valence-corrected chi connectivity index (χ1v) is 9.06. The van der Waals surface area contributed by atoms with Crippen molar-refractivity contribution < 1.29 is 18.0 Å². The van der Waals surface area contributed by atoms with Gasteiger partial charge >= 0.3 is 0 Å². The lowest BCUT2D eigenvalue weighted by atomic mass is 9.93. The largest absolute Gasteiger partial charge is 0.289 e. The van der Waals surface area contributed by atoms with E-state index in [0.29, 0.717) is 5.39 Å².